The van der Waals surface area contributed by atoms with Gasteiger partial charge in [0, 0.05) is 30.9 Å². The van der Waals surface area contributed by atoms with Crippen molar-refractivity contribution in [3.8, 4) is 0 Å². The molecule has 132 valence electrons. The van der Waals surface area contributed by atoms with E-state index in [1.165, 1.54) is 11.6 Å². The number of rotatable bonds is 4. The Hall–Kier alpha value is -2.79. The van der Waals surface area contributed by atoms with Crippen molar-refractivity contribution in [3.05, 3.63) is 71.8 Å². The van der Waals surface area contributed by atoms with Crippen molar-refractivity contribution in [2.45, 2.75) is 19.3 Å². The summed E-state index contributed by atoms with van der Waals surface area (Å²) >= 11 is 0. The van der Waals surface area contributed by atoms with Crippen molar-refractivity contribution in [1.82, 2.24) is 14.9 Å². The molecule has 1 aliphatic heterocycles. The Bertz CT molecular complexity index is 990. The first-order valence-electron chi connectivity index (χ1n) is 8.87. The van der Waals surface area contributed by atoms with E-state index < -0.39 is 0 Å². The van der Waals surface area contributed by atoms with Crippen LogP contribution in [-0.4, -0.2) is 28.5 Å². The second kappa shape index (κ2) is 7.22. The molecule has 0 atom stereocenters. The van der Waals surface area contributed by atoms with Gasteiger partial charge in [0.15, 0.2) is 0 Å². The van der Waals surface area contributed by atoms with Gasteiger partial charge >= 0.3 is 0 Å². The van der Waals surface area contributed by atoms with Crippen LogP contribution in [0, 0.1) is 5.82 Å². The third-order valence-corrected chi connectivity index (χ3v) is 4.80. The molecule has 4 rings (SSSR count). The van der Waals surface area contributed by atoms with Crippen LogP contribution in [0.4, 0.5) is 4.39 Å². The summed E-state index contributed by atoms with van der Waals surface area (Å²) in [5.74, 6) is -0.313. The van der Waals surface area contributed by atoms with E-state index in [9.17, 15) is 9.18 Å². The SMILES string of the molecule is O=C(CCc1ccccc1F)n1cc(C2=CCNCC2)c2ncccc21. The van der Waals surface area contributed by atoms with Crippen LogP contribution in [0.3, 0.4) is 0 Å². The number of benzene rings is 1. The number of nitrogens with one attached hydrogen (secondary N) is 1. The van der Waals surface area contributed by atoms with Gasteiger partial charge in [0.05, 0.1) is 11.0 Å². The van der Waals surface area contributed by atoms with Crippen LogP contribution in [0.1, 0.15) is 28.8 Å². The summed E-state index contributed by atoms with van der Waals surface area (Å²) in [4.78, 5) is 17.3. The first-order valence-corrected chi connectivity index (χ1v) is 8.87. The number of pyridine rings is 1. The zero-order valence-corrected chi connectivity index (χ0v) is 14.4. The number of nitrogens with zero attached hydrogens (tertiary/aromatic N) is 2. The number of hydrogen-bond donors (Lipinski definition) is 1. The largest absolute Gasteiger partial charge is 0.313 e. The molecule has 0 saturated carbocycles. The van der Waals surface area contributed by atoms with E-state index in [2.05, 4.69) is 16.4 Å². The normalized spacial score (nSPS) is 14.4. The van der Waals surface area contributed by atoms with Crippen molar-refractivity contribution < 1.29 is 9.18 Å². The minimum atomic E-state index is -0.264. The van der Waals surface area contributed by atoms with Gasteiger partial charge in [0.1, 0.15) is 5.82 Å². The molecular weight excluding hydrogens is 329 g/mol. The lowest BCUT2D eigenvalue weighted by atomic mass is 10.0. The van der Waals surface area contributed by atoms with Crippen molar-refractivity contribution in [2.24, 2.45) is 0 Å². The summed E-state index contributed by atoms with van der Waals surface area (Å²) < 4.78 is 15.5. The maximum Gasteiger partial charge on any atom is 0.231 e. The van der Waals surface area contributed by atoms with E-state index in [-0.39, 0.29) is 18.1 Å². The Kier molecular flexibility index (Phi) is 4.63. The third kappa shape index (κ3) is 3.18. The lowest BCUT2D eigenvalue weighted by Crippen LogP contribution is -2.20. The fourth-order valence-corrected chi connectivity index (χ4v) is 3.43. The van der Waals surface area contributed by atoms with Gasteiger partial charge in [-0.2, -0.15) is 0 Å². The zero-order valence-electron chi connectivity index (χ0n) is 14.4. The molecule has 0 saturated heterocycles. The highest BCUT2D eigenvalue weighted by atomic mass is 19.1. The zero-order chi connectivity index (χ0) is 17.9. The van der Waals surface area contributed by atoms with E-state index >= 15 is 0 Å². The molecule has 3 heterocycles. The number of carbonyl (C=O) groups is 1. The molecule has 1 N–H and O–H groups in total. The Morgan fingerprint density at radius 3 is 2.92 bits per heavy atom. The number of aryl methyl sites for hydroxylation is 1. The van der Waals surface area contributed by atoms with Gasteiger partial charge in [-0.1, -0.05) is 24.3 Å². The van der Waals surface area contributed by atoms with Crippen LogP contribution in [0.15, 0.2) is 54.9 Å². The van der Waals surface area contributed by atoms with Gasteiger partial charge < -0.3 is 5.32 Å². The van der Waals surface area contributed by atoms with Crippen LogP contribution >= 0.6 is 0 Å². The van der Waals surface area contributed by atoms with Gasteiger partial charge in [-0.25, -0.2) is 4.39 Å². The molecule has 1 aromatic carbocycles. The second-order valence-corrected chi connectivity index (χ2v) is 6.45. The standard InChI is InChI=1S/C21H20FN3O/c22-18-5-2-1-4-16(18)7-8-20(26)25-14-17(15-9-12-23-13-10-15)21-19(25)6-3-11-24-21/h1-6,9,11,14,23H,7-8,10,12-13H2. The average molecular weight is 349 g/mol. The molecule has 0 bridgehead atoms. The van der Waals surface area contributed by atoms with E-state index in [0.29, 0.717) is 12.0 Å². The molecular formula is C21H20FN3O. The summed E-state index contributed by atoms with van der Waals surface area (Å²) in [7, 11) is 0. The fourth-order valence-electron chi connectivity index (χ4n) is 3.43. The molecule has 0 spiro atoms. The van der Waals surface area contributed by atoms with Gasteiger partial charge in [-0.15, -0.1) is 0 Å². The van der Waals surface area contributed by atoms with Crippen molar-refractivity contribution in [1.29, 1.82) is 0 Å². The predicted molar refractivity (Wildman–Crippen MR) is 101 cm³/mol. The Morgan fingerprint density at radius 2 is 2.12 bits per heavy atom. The number of fused-ring (bicyclic) bond motifs is 1. The lowest BCUT2D eigenvalue weighted by Gasteiger charge is -2.12. The molecule has 0 amide bonds. The van der Waals surface area contributed by atoms with Gasteiger partial charge in [0.2, 0.25) is 5.91 Å². The number of halogens is 1. The first kappa shape index (κ1) is 16.7. The van der Waals surface area contributed by atoms with Crippen LogP contribution in [0.25, 0.3) is 16.6 Å². The minimum Gasteiger partial charge on any atom is -0.313 e. The Balaban J connectivity index is 1.64. The van der Waals surface area contributed by atoms with Crippen LogP contribution in [-0.2, 0) is 6.42 Å². The van der Waals surface area contributed by atoms with Crippen molar-refractivity contribution >= 4 is 22.5 Å². The molecule has 4 nitrogen and oxygen atoms in total. The first-order chi connectivity index (χ1) is 12.7. The smallest absolute Gasteiger partial charge is 0.231 e. The summed E-state index contributed by atoms with van der Waals surface area (Å²) in [6.07, 6.45) is 7.34. The molecule has 1 aliphatic rings. The molecule has 0 fully saturated rings. The molecule has 26 heavy (non-hydrogen) atoms. The van der Waals surface area contributed by atoms with E-state index in [1.54, 1.807) is 29.0 Å². The molecule has 5 heteroatoms. The van der Waals surface area contributed by atoms with Crippen LogP contribution < -0.4 is 5.32 Å². The maximum absolute atomic E-state index is 13.8. The molecule has 0 unspecified atom stereocenters. The summed E-state index contributed by atoms with van der Waals surface area (Å²) in [6, 6.07) is 10.3. The molecule has 0 radical (unpaired) electrons. The van der Waals surface area contributed by atoms with Gasteiger partial charge in [0.25, 0.3) is 0 Å². The third-order valence-electron chi connectivity index (χ3n) is 4.80. The van der Waals surface area contributed by atoms with E-state index in [0.717, 1.165) is 36.1 Å². The number of hydrogen-bond acceptors (Lipinski definition) is 3. The fraction of sp³-hybridized carbons (Fsp3) is 0.238. The van der Waals surface area contributed by atoms with Crippen molar-refractivity contribution in [3.63, 3.8) is 0 Å². The van der Waals surface area contributed by atoms with Crippen LogP contribution in [0.5, 0.6) is 0 Å². The highest BCUT2D eigenvalue weighted by Gasteiger charge is 2.18. The predicted octanol–water partition coefficient (Wildman–Crippen LogP) is 3.83. The lowest BCUT2D eigenvalue weighted by molar-refractivity contribution is 0.0908. The molecule has 3 aromatic rings. The number of aromatic nitrogens is 2. The summed E-state index contributed by atoms with van der Waals surface area (Å²) in [5, 5.41) is 3.30. The Morgan fingerprint density at radius 1 is 1.23 bits per heavy atom. The van der Waals surface area contributed by atoms with Crippen LogP contribution in [0.2, 0.25) is 0 Å². The van der Waals surface area contributed by atoms with Crippen molar-refractivity contribution in [2.75, 3.05) is 13.1 Å². The number of carbonyl (C=O) groups excluding carboxylic acids is 1. The average Bonchev–Trinajstić information content (AvgIpc) is 3.08. The maximum atomic E-state index is 13.8. The monoisotopic (exact) mass is 349 g/mol. The minimum absolute atomic E-state index is 0.0490. The highest BCUT2D eigenvalue weighted by Crippen LogP contribution is 2.28. The molecule has 2 aromatic heterocycles. The quantitative estimate of drug-likeness (QED) is 0.779. The van der Waals surface area contributed by atoms with Gasteiger partial charge in [-0.05, 0) is 48.7 Å². The topological polar surface area (TPSA) is 46.9 Å². The van der Waals surface area contributed by atoms with E-state index in [4.69, 9.17) is 0 Å². The van der Waals surface area contributed by atoms with E-state index in [1.807, 2.05) is 18.3 Å². The Labute approximate surface area is 151 Å². The summed E-state index contributed by atoms with van der Waals surface area (Å²) in [6.45, 7) is 1.75. The summed E-state index contributed by atoms with van der Waals surface area (Å²) in [5.41, 5.74) is 4.45. The second-order valence-electron chi connectivity index (χ2n) is 6.45. The highest BCUT2D eigenvalue weighted by molar-refractivity contribution is 5.97. The molecule has 0 aliphatic carbocycles. The van der Waals surface area contributed by atoms with Gasteiger partial charge in [-0.3, -0.25) is 14.3 Å².